The maximum atomic E-state index is 12.1. The highest BCUT2D eigenvalue weighted by atomic mass is 16.1. The number of nitrogens with zero attached hydrogens (tertiary/aromatic N) is 4. The first-order chi connectivity index (χ1) is 8.58. The van der Waals surface area contributed by atoms with Gasteiger partial charge < -0.3 is 4.90 Å². The summed E-state index contributed by atoms with van der Waals surface area (Å²) in [6.45, 7) is 9.50. The SMILES string of the molecule is CCN(CC)c1nc(=O)n2c(C)c(C)ccc2n1. The molecule has 2 heterocycles. The van der Waals surface area contributed by atoms with Crippen LogP contribution in [-0.2, 0) is 0 Å². The molecule has 2 rings (SSSR count). The Morgan fingerprint density at radius 1 is 1.17 bits per heavy atom. The highest BCUT2D eigenvalue weighted by molar-refractivity contribution is 5.46. The predicted octanol–water partition coefficient (Wildman–Crippen LogP) is 1.55. The van der Waals surface area contributed by atoms with Gasteiger partial charge in [0.2, 0.25) is 5.95 Å². The van der Waals surface area contributed by atoms with Gasteiger partial charge in [0.15, 0.2) is 0 Å². The van der Waals surface area contributed by atoms with Gasteiger partial charge in [-0.15, -0.1) is 0 Å². The van der Waals surface area contributed by atoms with Crippen LogP contribution in [-0.4, -0.2) is 27.5 Å². The molecule has 0 aromatic carbocycles. The van der Waals surface area contributed by atoms with Crippen LogP contribution in [0.1, 0.15) is 25.1 Å². The summed E-state index contributed by atoms with van der Waals surface area (Å²) in [6.07, 6.45) is 0. The third-order valence-electron chi connectivity index (χ3n) is 3.27. The quantitative estimate of drug-likeness (QED) is 0.824. The van der Waals surface area contributed by atoms with Crippen LogP contribution in [0.4, 0.5) is 5.95 Å². The molecule has 0 aliphatic rings. The Hall–Kier alpha value is -1.91. The summed E-state index contributed by atoms with van der Waals surface area (Å²) >= 11 is 0. The molecule has 0 spiro atoms. The molecule has 0 bridgehead atoms. The van der Waals surface area contributed by atoms with E-state index in [1.807, 2.05) is 44.7 Å². The van der Waals surface area contributed by atoms with Crippen molar-refractivity contribution in [1.29, 1.82) is 0 Å². The van der Waals surface area contributed by atoms with Crippen molar-refractivity contribution in [2.24, 2.45) is 0 Å². The summed E-state index contributed by atoms with van der Waals surface area (Å²) < 4.78 is 1.56. The molecule has 0 amide bonds. The van der Waals surface area contributed by atoms with E-state index in [1.165, 1.54) is 0 Å². The molecule has 0 radical (unpaired) electrons. The Morgan fingerprint density at radius 3 is 2.44 bits per heavy atom. The van der Waals surface area contributed by atoms with Crippen molar-refractivity contribution in [3.05, 3.63) is 33.9 Å². The van der Waals surface area contributed by atoms with Gasteiger partial charge >= 0.3 is 5.69 Å². The van der Waals surface area contributed by atoms with E-state index in [0.717, 1.165) is 24.3 Å². The second-order valence-electron chi connectivity index (χ2n) is 4.27. The third-order valence-corrected chi connectivity index (χ3v) is 3.27. The number of pyridine rings is 1. The van der Waals surface area contributed by atoms with Crippen molar-refractivity contribution in [2.45, 2.75) is 27.7 Å². The molecule has 0 N–H and O–H groups in total. The highest BCUT2D eigenvalue weighted by Gasteiger charge is 2.10. The van der Waals surface area contributed by atoms with Gasteiger partial charge in [-0.3, -0.25) is 0 Å². The van der Waals surface area contributed by atoms with Crippen LogP contribution in [0.25, 0.3) is 5.65 Å². The average Bonchev–Trinajstić information content (AvgIpc) is 2.35. The number of hydrogen-bond acceptors (Lipinski definition) is 4. The maximum Gasteiger partial charge on any atom is 0.356 e. The minimum atomic E-state index is -0.261. The standard InChI is InChI=1S/C13H18N4O/c1-5-16(6-2)12-14-11-8-7-9(3)10(4)17(11)13(18)15-12/h7-8H,5-6H2,1-4H3. The molecule has 18 heavy (non-hydrogen) atoms. The van der Waals surface area contributed by atoms with Crippen LogP contribution in [0.3, 0.4) is 0 Å². The summed E-state index contributed by atoms with van der Waals surface area (Å²) in [5, 5.41) is 0. The number of rotatable bonds is 3. The fraction of sp³-hybridized carbons (Fsp3) is 0.462. The zero-order valence-electron chi connectivity index (χ0n) is 11.3. The second kappa shape index (κ2) is 4.76. The topological polar surface area (TPSA) is 50.5 Å². The van der Waals surface area contributed by atoms with Crippen LogP contribution in [0.2, 0.25) is 0 Å². The van der Waals surface area contributed by atoms with Crippen LogP contribution in [0.5, 0.6) is 0 Å². The van der Waals surface area contributed by atoms with E-state index in [9.17, 15) is 4.79 Å². The fourth-order valence-corrected chi connectivity index (χ4v) is 1.98. The van der Waals surface area contributed by atoms with Crippen molar-refractivity contribution >= 4 is 11.6 Å². The Labute approximate surface area is 106 Å². The Kier molecular flexibility index (Phi) is 3.32. The lowest BCUT2D eigenvalue weighted by Gasteiger charge is -2.18. The zero-order valence-corrected chi connectivity index (χ0v) is 11.3. The minimum absolute atomic E-state index is 0.261. The largest absolute Gasteiger partial charge is 0.356 e. The van der Waals surface area contributed by atoms with Crippen LogP contribution < -0.4 is 10.6 Å². The van der Waals surface area contributed by atoms with Gasteiger partial charge in [-0.2, -0.15) is 9.97 Å². The molecule has 0 fully saturated rings. The van der Waals surface area contributed by atoms with Gasteiger partial charge in [0.1, 0.15) is 5.65 Å². The van der Waals surface area contributed by atoms with Crippen molar-refractivity contribution < 1.29 is 0 Å². The Balaban J connectivity index is 2.72. The van der Waals surface area contributed by atoms with Gasteiger partial charge in [0.25, 0.3) is 0 Å². The van der Waals surface area contributed by atoms with E-state index in [1.54, 1.807) is 4.40 Å². The first-order valence-electron chi connectivity index (χ1n) is 6.20. The van der Waals surface area contributed by atoms with Gasteiger partial charge in [-0.05, 0) is 39.3 Å². The molecule has 0 atom stereocenters. The van der Waals surface area contributed by atoms with Crippen molar-refractivity contribution in [3.8, 4) is 0 Å². The summed E-state index contributed by atoms with van der Waals surface area (Å²) in [7, 11) is 0. The molecule has 2 aromatic rings. The molecule has 0 saturated heterocycles. The lowest BCUT2D eigenvalue weighted by atomic mass is 10.2. The minimum Gasteiger partial charge on any atom is -0.341 e. The van der Waals surface area contributed by atoms with E-state index < -0.39 is 0 Å². The number of anilines is 1. The molecule has 96 valence electrons. The van der Waals surface area contributed by atoms with Gasteiger partial charge in [-0.25, -0.2) is 9.20 Å². The Bertz CT molecular complexity index is 629. The van der Waals surface area contributed by atoms with Gasteiger partial charge in [0.05, 0.1) is 0 Å². The smallest absolute Gasteiger partial charge is 0.341 e. The first kappa shape index (κ1) is 12.5. The van der Waals surface area contributed by atoms with Gasteiger partial charge in [0, 0.05) is 18.8 Å². The van der Waals surface area contributed by atoms with E-state index in [2.05, 4.69) is 9.97 Å². The van der Waals surface area contributed by atoms with Crippen molar-refractivity contribution in [1.82, 2.24) is 14.4 Å². The van der Waals surface area contributed by atoms with E-state index in [0.29, 0.717) is 11.6 Å². The molecule has 5 heteroatoms. The molecule has 2 aromatic heterocycles. The number of hydrogen-bond donors (Lipinski definition) is 0. The lowest BCUT2D eigenvalue weighted by molar-refractivity contribution is 0.793. The Morgan fingerprint density at radius 2 is 1.83 bits per heavy atom. The van der Waals surface area contributed by atoms with Crippen molar-refractivity contribution in [2.75, 3.05) is 18.0 Å². The molecular weight excluding hydrogens is 228 g/mol. The zero-order chi connectivity index (χ0) is 13.3. The molecule has 5 nitrogen and oxygen atoms in total. The number of aromatic nitrogens is 3. The summed E-state index contributed by atoms with van der Waals surface area (Å²) in [5.41, 5.74) is 2.34. The predicted molar refractivity (Wildman–Crippen MR) is 72.3 cm³/mol. The highest BCUT2D eigenvalue weighted by Crippen LogP contribution is 2.10. The second-order valence-corrected chi connectivity index (χ2v) is 4.27. The number of fused-ring (bicyclic) bond motifs is 1. The molecule has 0 unspecified atom stereocenters. The molecular formula is C13H18N4O. The number of aryl methyl sites for hydroxylation is 2. The summed E-state index contributed by atoms with van der Waals surface area (Å²) in [6, 6.07) is 3.83. The lowest BCUT2D eigenvalue weighted by Crippen LogP contribution is -2.30. The van der Waals surface area contributed by atoms with Gasteiger partial charge in [-0.1, -0.05) is 6.07 Å². The van der Waals surface area contributed by atoms with E-state index in [4.69, 9.17) is 0 Å². The molecule has 0 aliphatic heterocycles. The van der Waals surface area contributed by atoms with Crippen LogP contribution >= 0.6 is 0 Å². The summed E-state index contributed by atoms with van der Waals surface area (Å²) in [5.74, 6) is 0.508. The fourth-order valence-electron chi connectivity index (χ4n) is 1.98. The molecule has 0 saturated carbocycles. The average molecular weight is 246 g/mol. The first-order valence-corrected chi connectivity index (χ1v) is 6.20. The monoisotopic (exact) mass is 246 g/mol. The normalized spacial score (nSPS) is 10.9. The van der Waals surface area contributed by atoms with Crippen LogP contribution in [0, 0.1) is 13.8 Å². The molecule has 0 aliphatic carbocycles. The van der Waals surface area contributed by atoms with Crippen LogP contribution in [0.15, 0.2) is 16.9 Å². The third kappa shape index (κ3) is 1.96. The van der Waals surface area contributed by atoms with E-state index in [-0.39, 0.29) is 5.69 Å². The maximum absolute atomic E-state index is 12.1. The summed E-state index contributed by atoms with van der Waals surface area (Å²) in [4.78, 5) is 22.6. The van der Waals surface area contributed by atoms with Crippen molar-refractivity contribution in [3.63, 3.8) is 0 Å². The van der Waals surface area contributed by atoms with E-state index >= 15 is 0 Å².